The van der Waals surface area contributed by atoms with E-state index in [2.05, 4.69) is 10.6 Å². The van der Waals surface area contributed by atoms with Gasteiger partial charge in [-0.2, -0.15) is 0 Å². The summed E-state index contributed by atoms with van der Waals surface area (Å²) >= 11 is 0. The van der Waals surface area contributed by atoms with Crippen LogP contribution in [0.25, 0.3) is 0 Å². The van der Waals surface area contributed by atoms with Crippen molar-refractivity contribution in [2.45, 2.75) is 13.3 Å². The third kappa shape index (κ3) is 4.34. The molecule has 0 saturated carbocycles. The number of anilines is 1. The summed E-state index contributed by atoms with van der Waals surface area (Å²) in [5.41, 5.74) is 8.18. The SMILES string of the molecule is Cc1ccc(NC(=O)NCCc2ccccc2)cc1C(N)=O. The van der Waals surface area contributed by atoms with Gasteiger partial charge in [0.05, 0.1) is 0 Å². The zero-order chi connectivity index (χ0) is 15.9. The number of benzene rings is 2. The Hall–Kier alpha value is -2.82. The summed E-state index contributed by atoms with van der Waals surface area (Å²) in [5, 5.41) is 5.47. The molecule has 0 atom stereocenters. The summed E-state index contributed by atoms with van der Waals surface area (Å²) in [6, 6.07) is 14.7. The average molecular weight is 297 g/mol. The van der Waals surface area contributed by atoms with Gasteiger partial charge in [0.25, 0.3) is 0 Å². The van der Waals surface area contributed by atoms with Gasteiger partial charge in [-0.1, -0.05) is 36.4 Å². The Morgan fingerprint density at radius 1 is 1.09 bits per heavy atom. The number of nitrogens with two attached hydrogens (primary N) is 1. The second-order valence-electron chi connectivity index (χ2n) is 5.01. The molecule has 0 aliphatic rings. The highest BCUT2D eigenvalue weighted by Crippen LogP contribution is 2.14. The minimum atomic E-state index is -0.509. The summed E-state index contributed by atoms with van der Waals surface area (Å²) in [5.74, 6) is -0.509. The Kier molecular flexibility index (Phi) is 5.14. The van der Waals surface area contributed by atoms with Gasteiger partial charge in [-0.25, -0.2) is 4.79 Å². The Balaban J connectivity index is 1.87. The molecule has 0 aliphatic heterocycles. The monoisotopic (exact) mass is 297 g/mol. The number of nitrogens with one attached hydrogen (secondary N) is 2. The summed E-state index contributed by atoms with van der Waals surface area (Å²) in [6.07, 6.45) is 0.759. The number of aryl methyl sites for hydroxylation is 1. The lowest BCUT2D eigenvalue weighted by Gasteiger charge is -2.09. The largest absolute Gasteiger partial charge is 0.366 e. The van der Waals surface area contributed by atoms with Crippen LogP contribution in [0, 0.1) is 6.92 Å². The minimum Gasteiger partial charge on any atom is -0.366 e. The lowest BCUT2D eigenvalue weighted by atomic mass is 10.1. The molecule has 2 rings (SSSR count). The van der Waals surface area contributed by atoms with Gasteiger partial charge >= 0.3 is 6.03 Å². The highest BCUT2D eigenvalue weighted by molar-refractivity contribution is 5.97. The van der Waals surface area contributed by atoms with E-state index in [9.17, 15) is 9.59 Å². The first-order chi connectivity index (χ1) is 10.6. The predicted molar refractivity (Wildman–Crippen MR) is 86.9 cm³/mol. The maximum absolute atomic E-state index is 11.8. The molecule has 0 saturated heterocycles. The van der Waals surface area contributed by atoms with Crippen molar-refractivity contribution in [3.8, 4) is 0 Å². The van der Waals surface area contributed by atoms with E-state index in [1.165, 1.54) is 0 Å². The number of rotatable bonds is 5. The van der Waals surface area contributed by atoms with Gasteiger partial charge in [0.1, 0.15) is 0 Å². The maximum Gasteiger partial charge on any atom is 0.319 e. The highest BCUT2D eigenvalue weighted by atomic mass is 16.2. The van der Waals surface area contributed by atoms with Crippen LogP contribution < -0.4 is 16.4 Å². The van der Waals surface area contributed by atoms with Crippen molar-refractivity contribution in [1.82, 2.24) is 5.32 Å². The van der Waals surface area contributed by atoms with Gasteiger partial charge in [-0.15, -0.1) is 0 Å². The second kappa shape index (κ2) is 7.26. The Morgan fingerprint density at radius 3 is 2.50 bits per heavy atom. The van der Waals surface area contributed by atoms with E-state index in [-0.39, 0.29) is 6.03 Å². The first kappa shape index (κ1) is 15.6. The molecule has 5 nitrogen and oxygen atoms in total. The second-order valence-corrected chi connectivity index (χ2v) is 5.01. The Bertz CT molecular complexity index is 669. The molecule has 0 fully saturated rings. The van der Waals surface area contributed by atoms with Gasteiger partial charge in [-0.05, 0) is 36.6 Å². The number of primary amides is 1. The Morgan fingerprint density at radius 2 is 1.82 bits per heavy atom. The molecule has 0 bridgehead atoms. The van der Waals surface area contributed by atoms with Crippen LogP contribution in [0.4, 0.5) is 10.5 Å². The maximum atomic E-state index is 11.8. The molecule has 2 aromatic rings. The van der Waals surface area contributed by atoms with Crippen LogP contribution in [-0.4, -0.2) is 18.5 Å². The fourth-order valence-corrected chi connectivity index (χ4v) is 2.11. The van der Waals surface area contributed by atoms with E-state index in [4.69, 9.17) is 5.73 Å². The normalized spacial score (nSPS) is 10.0. The zero-order valence-corrected chi connectivity index (χ0v) is 12.4. The standard InChI is InChI=1S/C17H19N3O2/c1-12-7-8-14(11-15(12)16(18)21)20-17(22)19-10-9-13-5-3-2-4-6-13/h2-8,11H,9-10H2,1H3,(H2,18,21)(H2,19,20,22). The third-order valence-corrected chi connectivity index (χ3v) is 3.30. The van der Waals surface area contributed by atoms with Crippen molar-refractivity contribution in [2.24, 2.45) is 5.73 Å². The molecule has 0 aromatic heterocycles. The molecule has 0 unspecified atom stereocenters. The van der Waals surface area contributed by atoms with Crippen LogP contribution in [0.15, 0.2) is 48.5 Å². The molecule has 0 spiro atoms. The van der Waals surface area contributed by atoms with Crippen molar-refractivity contribution in [2.75, 3.05) is 11.9 Å². The van der Waals surface area contributed by atoms with Crippen molar-refractivity contribution in [3.63, 3.8) is 0 Å². The van der Waals surface area contributed by atoms with E-state index < -0.39 is 5.91 Å². The lowest BCUT2D eigenvalue weighted by molar-refractivity contribution is 0.0999. The Labute approximate surface area is 129 Å². The van der Waals surface area contributed by atoms with Gasteiger partial charge in [0.15, 0.2) is 0 Å². The van der Waals surface area contributed by atoms with Gasteiger partial charge in [0.2, 0.25) is 5.91 Å². The molecule has 114 valence electrons. The molecule has 3 amide bonds. The van der Waals surface area contributed by atoms with Crippen LogP contribution in [0.1, 0.15) is 21.5 Å². The number of hydrogen-bond acceptors (Lipinski definition) is 2. The number of carbonyl (C=O) groups is 2. The van der Waals surface area contributed by atoms with E-state index in [1.807, 2.05) is 30.3 Å². The van der Waals surface area contributed by atoms with Gasteiger partial charge in [0, 0.05) is 17.8 Å². The van der Waals surface area contributed by atoms with E-state index in [0.29, 0.717) is 17.8 Å². The van der Waals surface area contributed by atoms with Crippen LogP contribution in [0.5, 0.6) is 0 Å². The molecular formula is C17H19N3O2. The summed E-state index contributed by atoms with van der Waals surface area (Å²) < 4.78 is 0. The predicted octanol–water partition coefficient (Wildman–Crippen LogP) is 2.46. The van der Waals surface area contributed by atoms with Crippen LogP contribution in [0.2, 0.25) is 0 Å². The number of carbonyl (C=O) groups excluding carboxylic acids is 2. The summed E-state index contributed by atoms with van der Waals surface area (Å²) in [6.45, 7) is 2.33. The van der Waals surface area contributed by atoms with Crippen LogP contribution >= 0.6 is 0 Å². The fourth-order valence-electron chi connectivity index (χ4n) is 2.11. The molecular weight excluding hydrogens is 278 g/mol. The summed E-state index contributed by atoms with van der Waals surface area (Å²) in [7, 11) is 0. The molecule has 2 aromatic carbocycles. The first-order valence-electron chi connectivity index (χ1n) is 7.05. The zero-order valence-electron chi connectivity index (χ0n) is 12.4. The third-order valence-electron chi connectivity index (χ3n) is 3.30. The van der Waals surface area contributed by atoms with Crippen molar-refractivity contribution in [3.05, 3.63) is 65.2 Å². The first-order valence-corrected chi connectivity index (χ1v) is 7.05. The topological polar surface area (TPSA) is 84.2 Å². The quantitative estimate of drug-likeness (QED) is 0.792. The lowest BCUT2D eigenvalue weighted by Crippen LogP contribution is -2.30. The number of amides is 3. The van der Waals surface area contributed by atoms with Crippen molar-refractivity contribution >= 4 is 17.6 Å². The highest BCUT2D eigenvalue weighted by Gasteiger charge is 2.07. The molecule has 0 heterocycles. The average Bonchev–Trinajstić information content (AvgIpc) is 2.50. The van der Waals surface area contributed by atoms with Crippen LogP contribution in [0.3, 0.4) is 0 Å². The number of hydrogen-bond donors (Lipinski definition) is 3. The number of urea groups is 1. The van der Waals surface area contributed by atoms with E-state index >= 15 is 0 Å². The molecule has 0 radical (unpaired) electrons. The minimum absolute atomic E-state index is 0.310. The molecule has 0 aliphatic carbocycles. The van der Waals surface area contributed by atoms with Gasteiger partial charge in [-0.3, -0.25) is 4.79 Å². The smallest absolute Gasteiger partial charge is 0.319 e. The fraction of sp³-hybridized carbons (Fsp3) is 0.176. The van der Waals surface area contributed by atoms with Crippen molar-refractivity contribution in [1.29, 1.82) is 0 Å². The van der Waals surface area contributed by atoms with E-state index in [1.54, 1.807) is 25.1 Å². The van der Waals surface area contributed by atoms with Crippen molar-refractivity contribution < 1.29 is 9.59 Å². The molecule has 5 heteroatoms. The molecule has 4 N–H and O–H groups in total. The molecule has 22 heavy (non-hydrogen) atoms. The van der Waals surface area contributed by atoms with Gasteiger partial charge < -0.3 is 16.4 Å². The van der Waals surface area contributed by atoms with E-state index in [0.717, 1.165) is 17.5 Å². The summed E-state index contributed by atoms with van der Waals surface area (Å²) in [4.78, 5) is 23.1. The van der Waals surface area contributed by atoms with Crippen LogP contribution in [-0.2, 0) is 6.42 Å².